The molecular formula is C25H17N3O6. The number of hydrogen-bond donors (Lipinski definition) is 2. The smallest absolute Gasteiger partial charge is 0.274 e. The Bertz CT molecular complexity index is 1610. The first kappa shape index (κ1) is 21.0. The molecule has 0 spiro atoms. The number of nitrogens with zero attached hydrogens (tertiary/aromatic N) is 3. The van der Waals surface area contributed by atoms with Crippen LogP contribution in [-0.4, -0.2) is 33.4 Å². The van der Waals surface area contributed by atoms with Gasteiger partial charge in [0.05, 0.1) is 29.4 Å². The molecule has 2 N–H and O–H groups in total. The van der Waals surface area contributed by atoms with Crippen LogP contribution in [0.25, 0.3) is 33.3 Å². The Balaban J connectivity index is 1.51. The second-order valence-corrected chi connectivity index (χ2v) is 7.49. The summed E-state index contributed by atoms with van der Waals surface area (Å²) >= 11 is 0. The minimum Gasteiger partial charge on any atom is -0.507 e. The van der Waals surface area contributed by atoms with Gasteiger partial charge in [-0.05, 0) is 41.1 Å². The van der Waals surface area contributed by atoms with Gasteiger partial charge >= 0.3 is 0 Å². The number of ether oxygens (including phenoxy) is 1. The van der Waals surface area contributed by atoms with Crippen LogP contribution in [0, 0.1) is 10.1 Å². The summed E-state index contributed by atoms with van der Waals surface area (Å²) < 4.78 is 10.8. The maximum Gasteiger partial charge on any atom is 0.274 e. The molecule has 5 aromatic rings. The number of phenols is 2. The predicted octanol–water partition coefficient (Wildman–Crippen LogP) is 5.73. The molecule has 0 saturated carbocycles. The van der Waals surface area contributed by atoms with E-state index in [4.69, 9.17) is 9.15 Å². The topological polar surface area (TPSA) is 131 Å². The average molecular weight is 455 g/mol. The third kappa shape index (κ3) is 3.75. The molecule has 0 radical (unpaired) electrons. The van der Waals surface area contributed by atoms with Gasteiger partial charge in [0.2, 0.25) is 5.89 Å². The fourth-order valence-electron chi connectivity index (χ4n) is 3.63. The number of oxazole rings is 1. The molecule has 1 heterocycles. The number of fused-ring (bicyclic) bond motifs is 2. The van der Waals surface area contributed by atoms with Crippen LogP contribution in [0.2, 0.25) is 0 Å². The molecule has 0 bridgehead atoms. The number of nitro groups is 1. The minimum atomic E-state index is -0.579. The zero-order valence-electron chi connectivity index (χ0n) is 17.8. The van der Waals surface area contributed by atoms with Gasteiger partial charge in [-0.15, -0.1) is 0 Å². The highest BCUT2D eigenvalue weighted by Gasteiger charge is 2.16. The Kier molecular flexibility index (Phi) is 5.06. The summed E-state index contributed by atoms with van der Waals surface area (Å²) in [5.74, 6) is 0.0370. The summed E-state index contributed by atoms with van der Waals surface area (Å²) in [5, 5.41) is 33.8. The maximum absolute atomic E-state index is 11.2. The number of non-ortho nitro benzene ring substituents is 1. The lowest BCUT2D eigenvalue weighted by atomic mass is 10.1. The van der Waals surface area contributed by atoms with Crippen molar-refractivity contribution < 1.29 is 24.3 Å². The number of hydrogen-bond acceptors (Lipinski definition) is 8. The molecule has 0 fully saturated rings. The van der Waals surface area contributed by atoms with Gasteiger partial charge in [-0.25, -0.2) is 4.98 Å². The summed E-state index contributed by atoms with van der Waals surface area (Å²) in [6.45, 7) is 0. The summed E-state index contributed by atoms with van der Waals surface area (Å²) in [4.78, 5) is 19.4. The molecule has 1 aromatic heterocycles. The number of aromatic nitrogens is 1. The number of methoxy groups -OCH3 is 1. The van der Waals surface area contributed by atoms with E-state index in [1.54, 1.807) is 24.3 Å². The molecular weight excluding hydrogens is 438 g/mol. The van der Waals surface area contributed by atoms with Gasteiger partial charge in [0.15, 0.2) is 17.1 Å². The number of aromatic hydroxyl groups is 2. The van der Waals surface area contributed by atoms with Crippen LogP contribution in [0.5, 0.6) is 17.2 Å². The van der Waals surface area contributed by atoms with E-state index in [1.807, 2.05) is 30.3 Å². The van der Waals surface area contributed by atoms with Crippen molar-refractivity contribution in [1.29, 1.82) is 0 Å². The second kappa shape index (κ2) is 8.21. The largest absolute Gasteiger partial charge is 0.507 e. The monoisotopic (exact) mass is 455 g/mol. The van der Waals surface area contributed by atoms with Crippen molar-refractivity contribution in [2.75, 3.05) is 7.11 Å². The van der Waals surface area contributed by atoms with E-state index in [1.165, 1.54) is 19.4 Å². The zero-order valence-corrected chi connectivity index (χ0v) is 17.8. The minimum absolute atomic E-state index is 0.0255. The summed E-state index contributed by atoms with van der Waals surface area (Å²) in [6.07, 6.45) is 1.31. The second-order valence-electron chi connectivity index (χ2n) is 7.49. The molecule has 9 heteroatoms. The van der Waals surface area contributed by atoms with E-state index in [2.05, 4.69) is 9.98 Å². The third-order valence-electron chi connectivity index (χ3n) is 5.34. The molecule has 34 heavy (non-hydrogen) atoms. The van der Waals surface area contributed by atoms with Crippen molar-refractivity contribution in [3.8, 4) is 28.7 Å². The zero-order chi connectivity index (χ0) is 23.8. The number of rotatable bonds is 5. The quantitative estimate of drug-likeness (QED) is 0.197. The van der Waals surface area contributed by atoms with Gasteiger partial charge in [0.25, 0.3) is 5.69 Å². The molecule has 4 aromatic carbocycles. The van der Waals surface area contributed by atoms with E-state index >= 15 is 0 Å². The maximum atomic E-state index is 11.2. The van der Waals surface area contributed by atoms with Crippen LogP contribution in [0.1, 0.15) is 5.56 Å². The van der Waals surface area contributed by atoms with E-state index in [0.717, 1.165) is 16.8 Å². The fraction of sp³-hybridized carbons (Fsp3) is 0.0400. The lowest BCUT2D eigenvalue weighted by Gasteiger charge is -2.05. The summed E-state index contributed by atoms with van der Waals surface area (Å²) in [7, 11) is 1.31. The average Bonchev–Trinajstić information content (AvgIpc) is 3.26. The number of nitro benzene ring substituents is 1. The standard InChI is InChI=1S/C25H17N3O6/c1-33-23-12-18(28(31)32)8-16(24(23)30)13-26-17-6-7-22-20(11-17)27-25(34-22)19-9-14-4-2-3-5-15(14)10-21(19)29/h2-13,29-30H,1H3. The number of aliphatic imine (C=N–C) groups is 1. The van der Waals surface area contributed by atoms with Crippen LogP contribution >= 0.6 is 0 Å². The van der Waals surface area contributed by atoms with Gasteiger partial charge in [-0.1, -0.05) is 24.3 Å². The van der Waals surface area contributed by atoms with Gasteiger partial charge < -0.3 is 19.4 Å². The van der Waals surface area contributed by atoms with Crippen LogP contribution < -0.4 is 4.74 Å². The molecule has 5 rings (SSSR count). The molecule has 0 atom stereocenters. The van der Waals surface area contributed by atoms with Crippen molar-refractivity contribution >= 4 is 39.5 Å². The highest BCUT2D eigenvalue weighted by atomic mass is 16.6. The Morgan fingerprint density at radius 1 is 1.06 bits per heavy atom. The van der Waals surface area contributed by atoms with E-state index < -0.39 is 4.92 Å². The molecule has 168 valence electrons. The van der Waals surface area contributed by atoms with Gasteiger partial charge in [-0.3, -0.25) is 15.1 Å². The van der Waals surface area contributed by atoms with E-state index in [0.29, 0.717) is 22.4 Å². The third-order valence-corrected chi connectivity index (χ3v) is 5.34. The van der Waals surface area contributed by atoms with Crippen molar-refractivity contribution in [3.05, 3.63) is 82.4 Å². The Morgan fingerprint density at radius 2 is 1.82 bits per heavy atom. The van der Waals surface area contributed by atoms with E-state index in [-0.39, 0.29) is 34.4 Å². The lowest BCUT2D eigenvalue weighted by Crippen LogP contribution is -1.94. The molecule has 0 aliphatic carbocycles. The SMILES string of the molecule is COc1cc([N+](=O)[O-])cc(C=Nc2ccc3oc(-c4cc5ccccc5cc4O)nc3c2)c1O. The normalized spacial score (nSPS) is 11.4. The highest BCUT2D eigenvalue weighted by Crippen LogP contribution is 2.36. The Hall–Kier alpha value is -4.92. The van der Waals surface area contributed by atoms with Crippen LogP contribution in [0.3, 0.4) is 0 Å². The van der Waals surface area contributed by atoms with Gasteiger partial charge in [0.1, 0.15) is 11.3 Å². The van der Waals surface area contributed by atoms with Crippen LogP contribution in [-0.2, 0) is 0 Å². The fourth-order valence-corrected chi connectivity index (χ4v) is 3.63. The summed E-state index contributed by atoms with van der Waals surface area (Å²) in [5.41, 5.74) is 1.86. The van der Waals surface area contributed by atoms with Crippen molar-refractivity contribution in [2.24, 2.45) is 4.99 Å². The molecule has 9 nitrogen and oxygen atoms in total. The van der Waals surface area contributed by atoms with Gasteiger partial charge in [-0.2, -0.15) is 0 Å². The number of benzene rings is 4. The number of phenolic OH excluding ortho intramolecular Hbond substituents is 2. The first-order chi connectivity index (χ1) is 16.4. The van der Waals surface area contributed by atoms with Crippen molar-refractivity contribution in [1.82, 2.24) is 4.98 Å². The van der Waals surface area contributed by atoms with Crippen molar-refractivity contribution in [3.63, 3.8) is 0 Å². The highest BCUT2D eigenvalue weighted by molar-refractivity contribution is 5.91. The van der Waals surface area contributed by atoms with E-state index in [9.17, 15) is 20.3 Å². The predicted molar refractivity (Wildman–Crippen MR) is 127 cm³/mol. The van der Waals surface area contributed by atoms with Crippen molar-refractivity contribution in [2.45, 2.75) is 0 Å². The molecule has 0 aliphatic heterocycles. The van der Waals surface area contributed by atoms with Gasteiger partial charge in [0, 0.05) is 17.8 Å². The van der Waals surface area contributed by atoms with Crippen LogP contribution in [0.4, 0.5) is 11.4 Å². The lowest BCUT2D eigenvalue weighted by molar-refractivity contribution is -0.385. The first-order valence-corrected chi connectivity index (χ1v) is 10.1. The van der Waals surface area contributed by atoms with Crippen LogP contribution in [0.15, 0.2) is 76.1 Å². The Labute approximate surface area is 192 Å². The summed E-state index contributed by atoms with van der Waals surface area (Å²) in [6, 6.07) is 18.5. The molecule has 0 saturated heterocycles. The molecule has 0 amide bonds. The molecule has 0 unspecified atom stereocenters. The Morgan fingerprint density at radius 3 is 2.56 bits per heavy atom. The first-order valence-electron chi connectivity index (χ1n) is 10.1. The molecule has 0 aliphatic rings.